The topological polar surface area (TPSA) is 3.24 Å². The van der Waals surface area contributed by atoms with Gasteiger partial charge in [0.1, 0.15) is 0 Å². The van der Waals surface area contributed by atoms with E-state index < -0.39 is 0 Å². The molecule has 402 valence electrons. The summed E-state index contributed by atoms with van der Waals surface area (Å²) >= 11 is 0. The lowest BCUT2D eigenvalue weighted by Gasteiger charge is -2.33. The second-order valence-corrected chi connectivity index (χ2v) is 29.1. The van der Waals surface area contributed by atoms with E-state index in [1.54, 1.807) is 0 Å². The number of benzene rings is 8. The van der Waals surface area contributed by atoms with Gasteiger partial charge in [0, 0.05) is 22.4 Å². The fraction of sp³-hybridized carbons (Fsp3) is 0.377. The van der Waals surface area contributed by atoms with Gasteiger partial charge in [0.25, 0.3) is 0 Å². The van der Waals surface area contributed by atoms with E-state index in [9.17, 15) is 0 Å². The number of anilines is 3. The lowest BCUT2D eigenvalue weighted by atomic mass is 9.77. The molecular weight excluding hydrogens is 939 g/mol. The molecule has 0 N–H and O–H groups in total. The van der Waals surface area contributed by atoms with Crippen molar-refractivity contribution in [3.8, 4) is 55.6 Å². The second kappa shape index (κ2) is 20.0. The van der Waals surface area contributed by atoms with E-state index in [-0.39, 0.29) is 32.5 Å². The minimum Gasteiger partial charge on any atom is -0.310 e. The Bertz CT molecular complexity index is 3470. The van der Waals surface area contributed by atoms with Crippen molar-refractivity contribution in [2.75, 3.05) is 4.90 Å². The van der Waals surface area contributed by atoms with Crippen LogP contribution >= 0.6 is 0 Å². The third-order valence-electron chi connectivity index (χ3n) is 17.6. The van der Waals surface area contributed by atoms with E-state index >= 15 is 0 Å². The van der Waals surface area contributed by atoms with Crippen molar-refractivity contribution in [2.45, 2.75) is 188 Å². The van der Waals surface area contributed by atoms with Gasteiger partial charge in [0.2, 0.25) is 0 Å². The summed E-state index contributed by atoms with van der Waals surface area (Å²) in [6.07, 6.45) is 6.54. The number of hydrogen-bond donors (Lipinski definition) is 0. The summed E-state index contributed by atoms with van der Waals surface area (Å²) in [5.41, 5.74) is 26.6. The van der Waals surface area contributed by atoms with Crippen LogP contribution in [0.1, 0.15) is 200 Å². The highest BCUT2D eigenvalue weighted by Crippen LogP contribution is 2.54. The van der Waals surface area contributed by atoms with Crippen molar-refractivity contribution < 1.29 is 0 Å². The van der Waals surface area contributed by atoms with E-state index in [1.807, 2.05) is 0 Å². The maximum Gasteiger partial charge on any atom is 0.0549 e. The van der Waals surface area contributed by atoms with Gasteiger partial charge in [0.15, 0.2) is 0 Å². The highest BCUT2D eigenvalue weighted by Gasteiger charge is 2.37. The van der Waals surface area contributed by atoms with E-state index in [0.717, 1.165) is 0 Å². The van der Waals surface area contributed by atoms with Crippen molar-refractivity contribution in [3.05, 3.63) is 208 Å². The molecule has 0 radical (unpaired) electrons. The van der Waals surface area contributed by atoms with Crippen LogP contribution in [0.15, 0.2) is 164 Å². The molecular formula is C77H89N. The lowest BCUT2D eigenvalue weighted by molar-refractivity contribution is 0.443. The monoisotopic (exact) mass is 1030 g/mol. The number of rotatable bonds is 8. The Morgan fingerprint density at radius 1 is 0.346 bits per heavy atom. The molecule has 1 nitrogen and oxygen atoms in total. The van der Waals surface area contributed by atoms with Crippen molar-refractivity contribution in [2.24, 2.45) is 0 Å². The first kappa shape index (κ1) is 54.9. The molecule has 0 aromatic heterocycles. The first-order chi connectivity index (χ1) is 36.6. The van der Waals surface area contributed by atoms with Crippen LogP contribution < -0.4 is 4.90 Å². The van der Waals surface area contributed by atoms with Crippen LogP contribution in [0.5, 0.6) is 0 Å². The second-order valence-electron chi connectivity index (χ2n) is 29.1. The molecule has 0 bridgehead atoms. The summed E-state index contributed by atoms with van der Waals surface area (Å²) in [6.45, 7) is 40.2. The summed E-state index contributed by atoms with van der Waals surface area (Å²) in [4.78, 5) is 2.61. The first-order valence-corrected chi connectivity index (χ1v) is 29.4. The van der Waals surface area contributed by atoms with Crippen molar-refractivity contribution in [3.63, 3.8) is 0 Å². The fourth-order valence-electron chi connectivity index (χ4n) is 12.4. The normalized spacial score (nSPS) is 15.0. The summed E-state index contributed by atoms with van der Waals surface area (Å²) < 4.78 is 0. The average molecular weight is 1030 g/mol. The Labute approximate surface area is 471 Å². The average Bonchev–Trinajstić information content (AvgIpc) is 3.80. The number of hydrogen-bond acceptors (Lipinski definition) is 1. The molecule has 8 aromatic carbocycles. The smallest absolute Gasteiger partial charge is 0.0549 e. The molecule has 2 aliphatic rings. The summed E-state index contributed by atoms with van der Waals surface area (Å²) in [6, 6.07) is 64.7. The predicted molar refractivity (Wildman–Crippen MR) is 340 cm³/mol. The van der Waals surface area contributed by atoms with E-state index in [2.05, 4.69) is 286 Å². The Morgan fingerprint density at radius 2 is 0.782 bits per heavy atom. The van der Waals surface area contributed by atoms with Crippen LogP contribution in [-0.2, 0) is 32.5 Å². The van der Waals surface area contributed by atoms with Gasteiger partial charge in [-0.3, -0.25) is 0 Å². The largest absolute Gasteiger partial charge is 0.310 e. The molecule has 0 heterocycles. The molecule has 8 aromatic rings. The predicted octanol–water partition coefficient (Wildman–Crippen LogP) is 22.7. The molecule has 0 atom stereocenters. The fourth-order valence-corrected chi connectivity index (χ4v) is 12.4. The lowest BCUT2D eigenvalue weighted by Crippen LogP contribution is -2.18. The molecule has 0 spiro atoms. The molecule has 1 saturated carbocycles. The van der Waals surface area contributed by atoms with Crippen LogP contribution in [0.3, 0.4) is 0 Å². The maximum absolute atomic E-state index is 2.61. The van der Waals surface area contributed by atoms with Gasteiger partial charge >= 0.3 is 0 Å². The van der Waals surface area contributed by atoms with Crippen LogP contribution in [0.25, 0.3) is 55.6 Å². The van der Waals surface area contributed by atoms with Crippen LogP contribution in [0.2, 0.25) is 0 Å². The molecule has 1 heteroatoms. The summed E-state index contributed by atoms with van der Waals surface area (Å²) in [7, 11) is 0. The molecule has 0 saturated heterocycles. The highest BCUT2D eigenvalue weighted by molar-refractivity contribution is 5.99. The van der Waals surface area contributed by atoms with E-state index in [0.29, 0.717) is 5.92 Å². The minimum atomic E-state index is -0.162. The number of fused-ring (bicyclic) bond motifs is 3. The third kappa shape index (κ3) is 10.9. The van der Waals surface area contributed by atoms with Gasteiger partial charge in [-0.1, -0.05) is 252 Å². The molecule has 0 amide bonds. The first-order valence-electron chi connectivity index (χ1n) is 29.4. The third-order valence-corrected chi connectivity index (χ3v) is 17.6. The van der Waals surface area contributed by atoms with E-state index in [1.165, 1.54) is 149 Å². The molecule has 0 unspecified atom stereocenters. The molecule has 1 fully saturated rings. The molecule has 2 aliphatic carbocycles. The zero-order chi connectivity index (χ0) is 55.9. The zero-order valence-corrected chi connectivity index (χ0v) is 50.6. The quantitative estimate of drug-likeness (QED) is 0.147. The van der Waals surface area contributed by atoms with Gasteiger partial charge in [-0.25, -0.2) is 0 Å². The van der Waals surface area contributed by atoms with Crippen molar-refractivity contribution in [1.82, 2.24) is 0 Å². The van der Waals surface area contributed by atoms with Gasteiger partial charge in [-0.2, -0.15) is 0 Å². The Morgan fingerprint density at radius 3 is 1.32 bits per heavy atom. The maximum atomic E-state index is 2.61. The standard InChI is InChI=1S/C77H89N/c1-72(2,3)58-40-53(38-54(41-58)56-43-60(74(7,8)9)46-61(44-56)75(10,11)12)55-39-57(45-59(42-55)73(4,5)6)67-47-62(76(13,14)15)48-70(71(67)52-28-22-19-23-29-52)78(63-34-32-51(33-35-63)50-26-20-18-21-27-50)64-36-37-66-65-30-24-25-31-68(65)77(16,17)69(66)49-64/h19,22-25,28-50H,18,20-21,26-27H2,1-17H3. The highest BCUT2D eigenvalue weighted by atomic mass is 15.1. The van der Waals surface area contributed by atoms with Crippen molar-refractivity contribution in [1.29, 1.82) is 0 Å². The molecule has 10 rings (SSSR count). The van der Waals surface area contributed by atoms with Gasteiger partial charge in [-0.15, -0.1) is 0 Å². The number of nitrogens with zero attached hydrogens (tertiary/aromatic N) is 1. The van der Waals surface area contributed by atoms with Gasteiger partial charge in [-0.05, 0) is 189 Å². The van der Waals surface area contributed by atoms with Crippen molar-refractivity contribution >= 4 is 17.1 Å². The summed E-state index contributed by atoms with van der Waals surface area (Å²) in [5, 5.41) is 0. The molecule has 0 aliphatic heterocycles. The zero-order valence-electron chi connectivity index (χ0n) is 50.6. The van der Waals surface area contributed by atoms with Gasteiger partial charge in [0.05, 0.1) is 5.69 Å². The molecule has 78 heavy (non-hydrogen) atoms. The van der Waals surface area contributed by atoms with Crippen LogP contribution in [0, 0.1) is 0 Å². The Kier molecular flexibility index (Phi) is 14.1. The minimum absolute atomic E-state index is 0.00425. The van der Waals surface area contributed by atoms with Crippen LogP contribution in [-0.4, -0.2) is 0 Å². The summed E-state index contributed by atoms with van der Waals surface area (Å²) in [5.74, 6) is 0.621. The van der Waals surface area contributed by atoms with Gasteiger partial charge < -0.3 is 4.90 Å². The Hall–Kier alpha value is -6.44. The Balaban J connectivity index is 1.26. The van der Waals surface area contributed by atoms with E-state index in [4.69, 9.17) is 0 Å². The SMILES string of the molecule is CC(C)(C)c1cc(-c2cc(-c3cc(C(C)(C)C)cc(N(c4ccc(C5CCCCC5)cc4)c4ccc5c(c4)C(C)(C)c4ccccc4-5)c3-c3ccccc3)cc(C(C)(C)C)c2)cc(-c2cc(C(C)(C)C)cc(C(C)(C)C)c2)c1. The van der Waals surface area contributed by atoms with Crippen LogP contribution in [0.4, 0.5) is 17.1 Å².